The molecule has 1 nitrogen and oxygen atoms in total. The monoisotopic (exact) mass is 225 g/mol. The van der Waals surface area contributed by atoms with Crippen molar-refractivity contribution >= 4 is 11.3 Å². The standard InChI is InChI=1S/C13H23NS/c1-5-7-8-13-14-12(11(4)15-13)9-10(3)6-2/h10H,5-9H2,1-4H3. The van der Waals surface area contributed by atoms with E-state index in [1.54, 1.807) is 0 Å². The average molecular weight is 225 g/mol. The topological polar surface area (TPSA) is 12.9 Å². The van der Waals surface area contributed by atoms with Crippen LogP contribution in [0.5, 0.6) is 0 Å². The molecule has 0 saturated carbocycles. The number of unbranched alkanes of at least 4 members (excludes halogenated alkanes) is 1. The molecule has 0 N–H and O–H groups in total. The fraction of sp³-hybridized carbons (Fsp3) is 0.769. The van der Waals surface area contributed by atoms with E-state index in [-0.39, 0.29) is 0 Å². The minimum Gasteiger partial charge on any atom is -0.246 e. The Morgan fingerprint density at radius 1 is 1.33 bits per heavy atom. The zero-order valence-corrected chi connectivity index (χ0v) is 11.3. The molecule has 0 aliphatic carbocycles. The van der Waals surface area contributed by atoms with Crippen molar-refractivity contribution in [1.29, 1.82) is 0 Å². The van der Waals surface area contributed by atoms with Gasteiger partial charge in [0.1, 0.15) is 0 Å². The Bertz CT molecular complexity index is 291. The number of nitrogens with zero attached hydrogens (tertiary/aromatic N) is 1. The predicted molar refractivity (Wildman–Crippen MR) is 68.6 cm³/mol. The van der Waals surface area contributed by atoms with Gasteiger partial charge in [-0.15, -0.1) is 11.3 Å². The van der Waals surface area contributed by atoms with Gasteiger partial charge in [0.2, 0.25) is 0 Å². The molecule has 0 saturated heterocycles. The first-order valence-electron chi connectivity index (χ1n) is 6.12. The molecule has 1 aromatic rings. The number of thiazole rings is 1. The molecule has 0 aromatic carbocycles. The molecule has 1 unspecified atom stereocenters. The fourth-order valence-electron chi connectivity index (χ4n) is 1.59. The maximum Gasteiger partial charge on any atom is 0.0931 e. The maximum absolute atomic E-state index is 4.75. The van der Waals surface area contributed by atoms with Gasteiger partial charge in [0.25, 0.3) is 0 Å². The molecule has 0 spiro atoms. The number of aromatic nitrogens is 1. The maximum atomic E-state index is 4.75. The van der Waals surface area contributed by atoms with Crippen LogP contribution >= 0.6 is 11.3 Å². The largest absolute Gasteiger partial charge is 0.246 e. The van der Waals surface area contributed by atoms with E-state index in [0.717, 1.165) is 12.3 Å². The Morgan fingerprint density at radius 3 is 2.67 bits per heavy atom. The van der Waals surface area contributed by atoms with Gasteiger partial charge in [-0.05, 0) is 32.1 Å². The molecule has 1 heterocycles. The predicted octanol–water partition coefficient (Wildman–Crippen LogP) is 4.38. The van der Waals surface area contributed by atoms with Crippen molar-refractivity contribution in [3.63, 3.8) is 0 Å². The van der Waals surface area contributed by atoms with Crippen molar-refractivity contribution in [3.8, 4) is 0 Å². The van der Waals surface area contributed by atoms with Crippen LogP contribution < -0.4 is 0 Å². The first-order valence-corrected chi connectivity index (χ1v) is 6.94. The van der Waals surface area contributed by atoms with E-state index in [1.165, 1.54) is 41.3 Å². The molecular formula is C13H23NS. The van der Waals surface area contributed by atoms with Gasteiger partial charge in [0, 0.05) is 4.88 Å². The summed E-state index contributed by atoms with van der Waals surface area (Å²) in [6, 6.07) is 0. The summed E-state index contributed by atoms with van der Waals surface area (Å²) in [6.07, 6.45) is 6.11. The lowest BCUT2D eigenvalue weighted by Gasteiger charge is -2.05. The Hall–Kier alpha value is -0.370. The van der Waals surface area contributed by atoms with Crippen LogP contribution in [-0.2, 0) is 12.8 Å². The molecule has 0 radical (unpaired) electrons. The highest BCUT2D eigenvalue weighted by molar-refractivity contribution is 7.11. The van der Waals surface area contributed by atoms with Crippen LogP contribution in [0.15, 0.2) is 0 Å². The van der Waals surface area contributed by atoms with Crippen molar-refractivity contribution in [2.24, 2.45) is 5.92 Å². The van der Waals surface area contributed by atoms with Crippen LogP contribution in [0.4, 0.5) is 0 Å². The van der Waals surface area contributed by atoms with Gasteiger partial charge in [-0.25, -0.2) is 4.98 Å². The molecule has 2 heteroatoms. The van der Waals surface area contributed by atoms with Crippen molar-refractivity contribution in [2.75, 3.05) is 0 Å². The van der Waals surface area contributed by atoms with E-state index in [4.69, 9.17) is 4.98 Å². The zero-order chi connectivity index (χ0) is 11.3. The van der Waals surface area contributed by atoms with Crippen molar-refractivity contribution in [2.45, 2.75) is 59.8 Å². The number of rotatable bonds is 6. The highest BCUT2D eigenvalue weighted by atomic mass is 32.1. The highest BCUT2D eigenvalue weighted by Crippen LogP contribution is 2.22. The third-order valence-electron chi connectivity index (χ3n) is 2.92. The van der Waals surface area contributed by atoms with Crippen LogP contribution in [0.3, 0.4) is 0 Å². The Kier molecular flexibility index (Phi) is 5.30. The number of aryl methyl sites for hydroxylation is 2. The summed E-state index contributed by atoms with van der Waals surface area (Å²) in [4.78, 5) is 6.19. The van der Waals surface area contributed by atoms with Gasteiger partial charge >= 0.3 is 0 Å². The average Bonchev–Trinajstić information content (AvgIpc) is 2.56. The van der Waals surface area contributed by atoms with Crippen LogP contribution in [-0.4, -0.2) is 4.98 Å². The fourth-order valence-corrected chi connectivity index (χ4v) is 2.59. The van der Waals surface area contributed by atoms with Crippen LogP contribution in [0.25, 0.3) is 0 Å². The Labute approximate surface area is 97.9 Å². The highest BCUT2D eigenvalue weighted by Gasteiger charge is 2.09. The second kappa shape index (κ2) is 6.26. The third-order valence-corrected chi connectivity index (χ3v) is 3.99. The molecule has 1 aromatic heterocycles. The van der Waals surface area contributed by atoms with Crippen molar-refractivity contribution in [3.05, 3.63) is 15.6 Å². The van der Waals surface area contributed by atoms with E-state index in [9.17, 15) is 0 Å². The molecule has 0 amide bonds. The quantitative estimate of drug-likeness (QED) is 0.700. The Morgan fingerprint density at radius 2 is 2.07 bits per heavy atom. The summed E-state index contributed by atoms with van der Waals surface area (Å²) < 4.78 is 0. The lowest BCUT2D eigenvalue weighted by Crippen LogP contribution is -1.99. The molecular weight excluding hydrogens is 202 g/mol. The molecule has 0 aliphatic heterocycles. The number of hydrogen-bond donors (Lipinski definition) is 0. The normalized spacial score (nSPS) is 13.1. The molecule has 1 rings (SSSR count). The lowest BCUT2D eigenvalue weighted by atomic mass is 10.0. The Balaban J connectivity index is 2.60. The minimum absolute atomic E-state index is 0.768. The smallest absolute Gasteiger partial charge is 0.0931 e. The lowest BCUT2D eigenvalue weighted by molar-refractivity contribution is 0.552. The molecule has 15 heavy (non-hydrogen) atoms. The second-order valence-corrected chi connectivity index (χ2v) is 5.72. The van der Waals surface area contributed by atoms with Crippen LogP contribution in [0.1, 0.15) is 55.6 Å². The second-order valence-electron chi connectivity index (χ2n) is 4.43. The third kappa shape index (κ3) is 3.94. The van der Waals surface area contributed by atoms with Gasteiger partial charge in [0.05, 0.1) is 10.7 Å². The van der Waals surface area contributed by atoms with E-state index in [1.807, 2.05) is 11.3 Å². The molecule has 1 atom stereocenters. The van der Waals surface area contributed by atoms with Crippen LogP contribution in [0, 0.1) is 12.8 Å². The van der Waals surface area contributed by atoms with E-state index in [2.05, 4.69) is 27.7 Å². The summed E-state index contributed by atoms with van der Waals surface area (Å²) >= 11 is 1.90. The summed E-state index contributed by atoms with van der Waals surface area (Å²) in [5.74, 6) is 0.768. The van der Waals surface area contributed by atoms with Gasteiger partial charge in [-0.3, -0.25) is 0 Å². The van der Waals surface area contributed by atoms with Gasteiger partial charge in [-0.2, -0.15) is 0 Å². The molecule has 0 aliphatic rings. The van der Waals surface area contributed by atoms with E-state index < -0.39 is 0 Å². The minimum atomic E-state index is 0.768. The summed E-state index contributed by atoms with van der Waals surface area (Å²) in [5.41, 5.74) is 1.35. The molecule has 86 valence electrons. The summed E-state index contributed by atoms with van der Waals surface area (Å²) in [5, 5.41) is 1.34. The van der Waals surface area contributed by atoms with Crippen molar-refractivity contribution in [1.82, 2.24) is 4.98 Å². The van der Waals surface area contributed by atoms with Crippen molar-refractivity contribution < 1.29 is 0 Å². The molecule has 0 fully saturated rings. The first kappa shape index (κ1) is 12.7. The number of hydrogen-bond acceptors (Lipinski definition) is 2. The van der Waals surface area contributed by atoms with E-state index >= 15 is 0 Å². The summed E-state index contributed by atoms with van der Waals surface area (Å²) in [7, 11) is 0. The summed E-state index contributed by atoms with van der Waals surface area (Å²) in [6.45, 7) is 9.01. The molecule has 0 bridgehead atoms. The zero-order valence-electron chi connectivity index (χ0n) is 10.5. The first-order chi connectivity index (χ1) is 7.17. The van der Waals surface area contributed by atoms with Gasteiger partial charge < -0.3 is 0 Å². The van der Waals surface area contributed by atoms with Crippen LogP contribution in [0.2, 0.25) is 0 Å². The van der Waals surface area contributed by atoms with E-state index in [0.29, 0.717) is 0 Å². The SMILES string of the molecule is CCCCc1nc(CC(C)CC)c(C)s1. The van der Waals surface area contributed by atoms with Gasteiger partial charge in [-0.1, -0.05) is 33.6 Å². The van der Waals surface area contributed by atoms with Gasteiger partial charge in [0.15, 0.2) is 0 Å².